The Bertz CT molecular complexity index is 494. The monoisotopic (exact) mass is 227 g/mol. The average Bonchev–Trinajstić information content (AvgIpc) is 2.37. The molecule has 2 rings (SSSR count). The van der Waals surface area contributed by atoms with Gasteiger partial charge in [-0.3, -0.25) is 9.97 Å². The van der Waals surface area contributed by atoms with Gasteiger partial charge in [0.05, 0.1) is 17.9 Å². The number of nitrogens with one attached hydrogen (secondary N) is 1. The van der Waals surface area contributed by atoms with Crippen molar-refractivity contribution >= 4 is 0 Å². The quantitative estimate of drug-likeness (QED) is 0.875. The Kier molecular flexibility index (Phi) is 3.49. The van der Waals surface area contributed by atoms with E-state index in [1.165, 1.54) is 16.7 Å². The fourth-order valence-electron chi connectivity index (χ4n) is 2.01. The van der Waals surface area contributed by atoms with E-state index >= 15 is 0 Å². The molecule has 0 spiro atoms. The van der Waals surface area contributed by atoms with Gasteiger partial charge in [-0.05, 0) is 37.6 Å². The van der Waals surface area contributed by atoms with Crippen LogP contribution in [0, 0.1) is 13.8 Å². The number of aryl methyl sites for hydroxylation is 1. The van der Waals surface area contributed by atoms with Crippen LogP contribution in [0.3, 0.4) is 0 Å². The van der Waals surface area contributed by atoms with Crippen molar-refractivity contribution in [3.8, 4) is 0 Å². The third kappa shape index (κ3) is 2.34. The summed E-state index contributed by atoms with van der Waals surface area (Å²) in [6.07, 6.45) is 5.23. The third-order valence-corrected chi connectivity index (χ3v) is 3.13. The van der Waals surface area contributed by atoms with Crippen LogP contribution in [0.2, 0.25) is 0 Å². The van der Waals surface area contributed by atoms with Crippen molar-refractivity contribution in [3.05, 3.63) is 59.2 Å². The number of benzene rings is 1. The van der Waals surface area contributed by atoms with Crippen LogP contribution < -0.4 is 5.32 Å². The van der Waals surface area contributed by atoms with E-state index in [4.69, 9.17) is 0 Å². The van der Waals surface area contributed by atoms with Gasteiger partial charge in [0.2, 0.25) is 0 Å². The van der Waals surface area contributed by atoms with Crippen LogP contribution >= 0.6 is 0 Å². The predicted molar refractivity (Wildman–Crippen MR) is 68.9 cm³/mol. The molecular weight excluding hydrogens is 210 g/mol. The number of hydrogen-bond acceptors (Lipinski definition) is 3. The molecule has 0 bridgehead atoms. The van der Waals surface area contributed by atoms with E-state index < -0.39 is 0 Å². The molecule has 1 aromatic heterocycles. The molecule has 2 aromatic rings. The Morgan fingerprint density at radius 2 is 2.00 bits per heavy atom. The number of rotatable bonds is 3. The van der Waals surface area contributed by atoms with E-state index in [0.29, 0.717) is 0 Å². The second-order valence-electron chi connectivity index (χ2n) is 4.14. The van der Waals surface area contributed by atoms with Gasteiger partial charge < -0.3 is 5.32 Å². The van der Waals surface area contributed by atoms with E-state index in [0.717, 1.165) is 5.69 Å². The summed E-state index contributed by atoms with van der Waals surface area (Å²) in [7, 11) is 1.95. The first kappa shape index (κ1) is 11.7. The normalized spacial score (nSPS) is 12.4. The molecule has 1 aromatic carbocycles. The summed E-state index contributed by atoms with van der Waals surface area (Å²) in [6.45, 7) is 4.27. The second-order valence-corrected chi connectivity index (χ2v) is 4.14. The molecule has 0 aliphatic carbocycles. The van der Waals surface area contributed by atoms with Crippen LogP contribution in [0.4, 0.5) is 0 Å². The fraction of sp³-hybridized carbons (Fsp3) is 0.286. The maximum atomic E-state index is 4.37. The van der Waals surface area contributed by atoms with Gasteiger partial charge >= 0.3 is 0 Å². The topological polar surface area (TPSA) is 37.8 Å². The van der Waals surface area contributed by atoms with Crippen molar-refractivity contribution in [2.75, 3.05) is 7.05 Å². The predicted octanol–water partition coefficient (Wildman–Crippen LogP) is 2.40. The largest absolute Gasteiger partial charge is 0.308 e. The third-order valence-electron chi connectivity index (χ3n) is 3.13. The first-order valence-electron chi connectivity index (χ1n) is 5.73. The van der Waals surface area contributed by atoms with Crippen LogP contribution in [-0.4, -0.2) is 17.0 Å². The summed E-state index contributed by atoms with van der Waals surface area (Å²) >= 11 is 0. The van der Waals surface area contributed by atoms with Gasteiger partial charge in [-0.15, -0.1) is 0 Å². The Balaban J connectivity index is 2.46. The first-order chi connectivity index (χ1) is 8.24. The second kappa shape index (κ2) is 5.06. The van der Waals surface area contributed by atoms with Crippen molar-refractivity contribution in [3.63, 3.8) is 0 Å². The molecule has 1 N–H and O–H groups in total. The Hall–Kier alpha value is -1.74. The van der Waals surface area contributed by atoms with E-state index in [1.807, 2.05) is 13.2 Å². The molecule has 3 nitrogen and oxygen atoms in total. The first-order valence-corrected chi connectivity index (χ1v) is 5.73. The van der Waals surface area contributed by atoms with Gasteiger partial charge in [0.1, 0.15) is 0 Å². The summed E-state index contributed by atoms with van der Waals surface area (Å²) in [5, 5.41) is 3.30. The van der Waals surface area contributed by atoms with Crippen LogP contribution in [0.1, 0.15) is 28.4 Å². The van der Waals surface area contributed by atoms with Crippen molar-refractivity contribution in [2.24, 2.45) is 0 Å². The lowest BCUT2D eigenvalue weighted by Gasteiger charge is -2.19. The molecule has 0 amide bonds. The number of aromatic nitrogens is 2. The summed E-state index contributed by atoms with van der Waals surface area (Å²) in [5.74, 6) is 0. The zero-order valence-corrected chi connectivity index (χ0v) is 10.4. The molecule has 1 atom stereocenters. The van der Waals surface area contributed by atoms with Gasteiger partial charge in [0, 0.05) is 12.4 Å². The molecule has 0 saturated heterocycles. The van der Waals surface area contributed by atoms with E-state index in [2.05, 4.69) is 47.3 Å². The molecule has 0 saturated carbocycles. The van der Waals surface area contributed by atoms with Crippen LogP contribution in [-0.2, 0) is 0 Å². The molecule has 3 heteroatoms. The van der Waals surface area contributed by atoms with Crippen LogP contribution in [0.5, 0.6) is 0 Å². The summed E-state index contributed by atoms with van der Waals surface area (Å²) in [6, 6.07) is 6.45. The minimum absolute atomic E-state index is 0.101. The lowest BCUT2D eigenvalue weighted by Crippen LogP contribution is -2.20. The Morgan fingerprint density at radius 1 is 1.18 bits per heavy atom. The molecule has 17 heavy (non-hydrogen) atoms. The van der Waals surface area contributed by atoms with Crippen molar-refractivity contribution < 1.29 is 0 Å². The van der Waals surface area contributed by atoms with Gasteiger partial charge in [-0.25, -0.2) is 0 Å². The molecule has 1 unspecified atom stereocenters. The molecule has 0 aliphatic rings. The summed E-state index contributed by atoms with van der Waals surface area (Å²) < 4.78 is 0. The maximum Gasteiger partial charge on any atom is 0.0801 e. The van der Waals surface area contributed by atoms with E-state index in [-0.39, 0.29) is 6.04 Å². The van der Waals surface area contributed by atoms with E-state index in [1.54, 1.807) is 12.4 Å². The number of hydrogen-bond donors (Lipinski definition) is 1. The highest BCUT2D eigenvalue weighted by Gasteiger charge is 2.15. The summed E-state index contributed by atoms with van der Waals surface area (Å²) in [4.78, 5) is 8.50. The molecule has 88 valence electrons. The molecule has 1 heterocycles. The fourth-order valence-corrected chi connectivity index (χ4v) is 2.01. The standard InChI is InChI=1S/C14H17N3/c1-10-5-4-6-12(11(10)2)14(15-3)13-9-16-7-8-17-13/h4-9,14-15H,1-3H3. The minimum Gasteiger partial charge on any atom is -0.308 e. The molecular formula is C14H17N3. The average molecular weight is 227 g/mol. The van der Waals surface area contributed by atoms with Crippen molar-refractivity contribution in [1.82, 2.24) is 15.3 Å². The minimum atomic E-state index is 0.101. The highest BCUT2D eigenvalue weighted by molar-refractivity contribution is 5.38. The highest BCUT2D eigenvalue weighted by atomic mass is 14.9. The lowest BCUT2D eigenvalue weighted by atomic mass is 9.96. The maximum absolute atomic E-state index is 4.37. The van der Waals surface area contributed by atoms with Crippen LogP contribution in [0.25, 0.3) is 0 Å². The Labute approximate surface area is 102 Å². The van der Waals surface area contributed by atoms with Gasteiger partial charge in [-0.2, -0.15) is 0 Å². The van der Waals surface area contributed by atoms with Crippen molar-refractivity contribution in [1.29, 1.82) is 0 Å². The molecule has 0 aliphatic heterocycles. The summed E-state index contributed by atoms with van der Waals surface area (Å²) in [5.41, 5.74) is 4.81. The van der Waals surface area contributed by atoms with E-state index in [9.17, 15) is 0 Å². The number of nitrogens with zero attached hydrogens (tertiary/aromatic N) is 2. The molecule has 0 fully saturated rings. The SMILES string of the molecule is CNC(c1cnccn1)c1cccc(C)c1C. The van der Waals surface area contributed by atoms with Gasteiger partial charge in [0.25, 0.3) is 0 Å². The highest BCUT2D eigenvalue weighted by Crippen LogP contribution is 2.24. The zero-order chi connectivity index (χ0) is 12.3. The lowest BCUT2D eigenvalue weighted by molar-refractivity contribution is 0.662. The van der Waals surface area contributed by atoms with Crippen LogP contribution in [0.15, 0.2) is 36.8 Å². The van der Waals surface area contributed by atoms with Gasteiger partial charge in [-0.1, -0.05) is 18.2 Å². The van der Waals surface area contributed by atoms with Crippen molar-refractivity contribution in [2.45, 2.75) is 19.9 Å². The molecule has 0 radical (unpaired) electrons. The Morgan fingerprint density at radius 3 is 2.65 bits per heavy atom. The van der Waals surface area contributed by atoms with Gasteiger partial charge in [0.15, 0.2) is 0 Å². The smallest absolute Gasteiger partial charge is 0.0801 e. The zero-order valence-electron chi connectivity index (χ0n) is 10.4.